The quantitative estimate of drug-likeness (QED) is 0.878. The molecule has 2 aliphatic heterocycles. The Morgan fingerprint density at radius 3 is 2.86 bits per heavy atom. The molecule has 1 aromatic rings. The van der Waals surface area contributed by atoms with Crippen molar-refractivity contribution in [2.45, 2.75) is 44.2 Å². The molecule has 1 aromatic carbocycles. The standard InChI is InChI=1S/C18H26N2O2/c21-17(12-16-9-4-10-19-16)20-13-15-8-5-11-22-18(15)14-6-2-1-3-7-14/h1-3,6-7,15-16,18-19H,4-5,8-13H2,(H,20,21). The van der Waals surface area contributed by atoms with Gasteiger partial charge in [-0.1, -0.05) is 30.3 Å². The fourth-order valence-electron chi connectivity index (χ4n) is 3.54. The van der Waals surface area contributed by atoms with Gasteiger partial charge in [-0.2, -0.15) is 0 Å². The number of ether oxygens (including phenoxy) is 1. The maximum absolute atomic E-state index is 12.1. The average Bonchev–Trinajstić information content (AvgIpc) is 3.07. The molecule has 0 radical (unpaired) electrons. The lowest BCUT2D eigenvalue weighted by molar-refractivity contribution is -0.122. The van der Waals surface area contributed by atoms with E-state index in [1.165, 1.54) is 12.0 Å². The highest BCUT2D eigenvalue weighted by Gasteiger charge is 2.28. The molecule has 4 heteroatoms. The number of carbonyl (C=O) groups excluding carboxylic acids is 1. The van der Waals surface area contributed by atoms with Gasteiger partial charge in [0.2, 0.25) is 5.91 Å². The van der Waals surface area contributed by atoms with Crippen LogP contribution in [0, 0.1) is 5.92 Å². The normalized spacial score (nSPS) is 28.5. The van der Waals surface area contributed by atoms with E-state index in [1.807, 2.05) is 6.07 Å². The van der Waals surface area contributed by atoms with Crippen molar-refractivity contribution in [2.75, 3.05) is 19.7 Å². The molecule has 22 heavy (non-hydrogen) atoms. The van der Waals surface area contributed by atoms with Crippen LogP contribution in [0.15, 0.2) is 30.3 Å². The largest absolute Gasteiger partial charge is 0.373 e. The molecule has 2 fully saturated rings. The van der Waals surface area contributed by atoms with E-state index in [0.29, 0.717) is 24.9 Å². The summed E-state index contributed by atoms with van der Waals surface area (Å²) in [6.45, 7) is 2.58. The summed E-state index contributed by atoms with van der Waals surface area (Å²) in [5.41, 5.74) is 1.22. The summed E-state index contributed by atoms with van der Waals surface area (Å²) in [7, 11) is 0. The van der Waals surface area contributed by atoms with Gasteiger partial charge in [-0.3, -0.25) is 4.79 Å². The van der Waals surface area contributed by atoms with E-state index in [1.54, 1.807) is 0 Å². The summed E-state index contributed by atoms with van der Waals surface area (Å²) in [5.74, 6) is 0.536. The monoisotopic (exact) mass is 302 g/mol. The van der Waals surface area contributed by atoms with Gasteiger partial charge in [0.1, 0.15) is 0 Å². The molecule has 2 aliphatic rings. The van der Waals surface area contributed by atoms with Crippen molar-refractivity contribution in [3.8, 4) is 0 Å². The van der Waals surface area contributed by atoms with Crippen LogP contribution in [-0.2, 0) is 9.53 Å². The second-order valence-electron chi connectivity index (χ2n) is 6.41. The lowest BCUT2D eigenvalue weighted by Gasteiger charge is -2.32. The molecule has 4 nitrogen and oxygen atoms in total. The van der Waals surface area contributed by atoms with Gasteiger partial charge in [-0.25, -0.2) is 0 Å². The second kappa shape index (κ2) is 7.75. The maximum atomic E-state index is 12.1. The molecular formula is C18H26N2O2. The van der Waals surface area contributed by atoms with Crippen LogP contribution in [0.25, 0.3) is 0 Å². The number of nitrogens with one attached hydrogen (secondary N) is 2. The van der Waals surface area contributed by atoms with E-state index in [9.17, 15) is 4.79 Å². The van der Waals surface area contributed by atoms with Crippen molar-refractivity contribution in [1.29, 1.82) is 0 Å². The molecule has 3 atom stereocenters. The minimum absolute atomic E-state index is 0.111. The first-order valence-electron chi connectivity index (χ1n) is 8.49. The molecule has 120 valence electrons. The van der Waals surface area contributed by atoms with E-state index in [-0.39, 0.29) is 12.0 Å². The number of hydrogen-bond donors (Lipinski definition) is 2. The molecule has 1 amide bonds. The van der Waals surface area contributed by atoms with Crippen LogP contribution in [0.3, 0.4) is 0 Å². The molecule has 2 heterocycles. The van der Waals surface area contributed by atoms with Gasteiger partial charge >= 0.3 is 0 Å². The Morgan fingerprint density at radius 2 is 2.09 bits per heavy atom. The zero-order valence-electron chi connectivity index (χ0n) is 13.1. The predicted octanol–water partition coefficient (Wildman–Crippen LogP) is 2.41. The Balaban J connectivity index is 1.52. The molecule has 0 bridgehead atoms. The molecule has 3 rings (SSSR count). The Labute approximate surface area is 132 Å². The lowest BCUT2D eigenvalue weighted by atomic mass is 9.89. The third-order valence-corrected chi connectivity index (χ3v) is 4.73. The van der Waals surface area contributed by atoms with Crippen molar-refractivity contribution in [3.63, 3.8) is 0 Å². The number of hydrogen-bond acceptors (Lipinski definition) is 3. The second-order valence-corrected chi connectivity index (χ2v) is 6.41. The average molecular weight is 302 g/mol. The minimum atomic E-state index is 0.111. The van der Waals surface area contributed by atoms with Gasteiger partial charge in [-0.15, -0.1) is 0 Å². The van der Waals surface area contributed by atoms with E-state index in [4.69, 9.17) is 4.74 Å². The lowest BCUT2D eigenvalue weighted by Crippen LogP contribution is -2.37. The van der Waals surface area contributed by atoms with E-state index < -0.39 is 0 Å². The predicted molar refractivity (Wildman–Crippen MR) is 86.5 cm³/mol. The summed E-state index contributed by atoms with van der Waals surface area (Å²) in [6.07, 6.45) is 5.20. The van der Waals surface area contributed by atoms with Gasteiger partial charge in [0.05, 0.1) is 6.10 Å². The zero-order chi connectivity index (χ0) is 15.2. The molecule has 0 aromatic heterocycles. The Bertz CT molecular complexity index is 471. The molecule has 2 N–H and O–H groups in total. The number of rotatable bonds is 5. The summed E-state index contributed by atoms with van der Waals surface area (Å²) < 4.78 is 5.98. The Morgan fingerprint density at radius 1 is 1.23 bits per heavy atom. The van der Waals surface area contributed by atoms with Gasteiger partial charge in [0.15, 0.2) is 0 Å². The van der Waals surface area contributed by atoms with Gasteiger partial charge < -0.3 is 15.4 Å². The third-order valence-electron chi connectivity index (χ3n) is 4.73. The van der Waals surface area contributed by atoms with Crippen molar-refractivity contribution < 1.29 is 9.53 Å². The van der Waals surface area contributed by atoms with Crippen LogP contribution < -0.4 is 10.6 Å². The first-order valence-corrected chi connectivity index (χ1v) is 8.49. The summed E-state index contributed by atoms with van der Waals surface area (Å²) in [5, 5.41) is 6.49. The van der Waals surface area contributed by atoms with Crippen LogP contribution in [0.4, 0.5) is 0 Å². The highest BCUT2D eigenvalue weighted by molar-refractivity contribution is 5.76. The molecule has 2 saturated heterocycles. The number of amides is 1. The van der Waals surface area contributed by atoms with E-state index >= 15 is 0 Å². The van der Waals surface area contributed by atoms with Crippen molar-refractivity contribution >= 4 is 5.91 Å². The van der Waals surface area contributed by atoms with E-state index in [0.717, 1.165) is 32.4 Å². The van der Waals surface area contributed by atoms with Crippen molar-refractivity contribution in [2.24, 2.45) is 5.92 Å². The Hall–Kier alpha value is -1.39. The van der Waals surface area contributed by atoms with Crippen LogP contribution in [-0.4, -0.2) is 31.6 Å². The topological polar surface area (TPSA) is 50.4 Å². The highest BCUT2D eigenvalue weighted by Crippen LogP contribution is 2.33. The maximum Gasteiger partial charge on any atom is 0.221 e. The van der Waals surface area contributed by atoms with Crippen molar-refractivity contribution in [1.82, 2.24) is 10.6 Å². The van der Waals surface area contributed by atoms with Crippen LogP contribution in [0.2, 0.25) is 0 Å². The van der Waals surface area contributed by atoms with E-state index in [2.05, 4.69) is 34.9 Å². The van der Waals surface area contributed by atoms with Crippen LogP contribution in [0.5, 0.6) is 0 Å². The molecular weight excluding hydrogens is 276 g/mol. The van der Waals surface area contributed by atoms with Crippen LogP contribution in [0.1, 0.15) is 43.8 Å². The first-order chi connectivity index (χ1) is 10.8. The fourth-order valence-corrected chi connectivity index (χ4v) is 3.54. The number of benzene rings is 1. The fraction of sp³-hybridized carbons (Fsp3) is 0.611. The SMILES string of the molecule is O=C(CC1CCCN1)NCC1CCCOC1c1ccccc1. The summed E-state index contributed by atoms with van der Waals surface area (Å²) in [6, 6.07) is 10.7. The molecule has 3 unspecified atom stereocenters. The molecule has 0 aliphatic carbocycles. The smallest absolute Gasteiger partial charge is 0.221 e. The summed E-state index contributed by atoms with van der Waals surface area (Å²) >= 11 is 0. The Kier molecular flexibility index (Phi) is 5.46. The van der Waals surface area contributed by atoms with Crippen LogP contribution >= 0.6 is 0 Å². The highest BCUT2D eigenvalue weighted by atomic mass is 16.5. The molecule has 0 spiro atoms. The third kappa shape index (κ3) is 4.08. The van der Waals surface area contributed by atoms with Gasteiger partial charge in [-0.05, 0) is 37.8 Å². The molecule has 0 saturated carbocycles. The zero-order valence-corrected chi connectivity index (χ0v) is 13.1. The van der Waals surface area contributed by atoms with Crippen molar-refractivity contribution in [3.05, 3.63) is 35.9 Å². The number of carbonyl (C=O) groups is 1. The summed E-state index contributed by atoms with van der Waals surface area (Å²) in [4.78, 5) is 12.1. The van der Waals surface area contributed by atoms with Gasteiger partial charge in [0, 0.05) is 31.5 Å². The van der Waals surface area contributed by atoms with Gasteiger partial charge in [0.25, 0.3) is 0 Å². The minimum Gasteiger partial charge on any atom is -0.373 e. The first kappa shape index (κ1) is 15.5.